The molecule has 1 aromatic carbocycles. The first-order chi connectivity index (χ1) is 7.13. The number of nitrogens with two attached hydrogens (primary N) is 1. The summed E-state index contributed by atoms with van der Waals surface area (Å²) in [6, 6.07) is 8.04. The molecule has 0 amide bonds. The number of rotatable bonds is 4. The second kappa shape index (κ2) is 5.76. The minimum absolute atomic E-state index is 0.274. The van der Waals surface area contributed by atoms with Gasteiger partial charge in [0.1, 0.15) is 5.84 Å². The van der Waals surface area contributed by atoms with Crippen molar-refractivity contribution >= 4 is 23.1 Å². The van der Waals surface area contributed by atoms with Crippen LogP contribution in [0.2, 0.25) is 0 Å². The lowest BCUT2D eigenvalue weighted by Gasteiger charge is -2.08. The third kappa shape index (κ3) is 3.92. The number of aliphatic imine (C=N–C) groups is 1. The van der Waals surface area contributed by atoms with Crippen LogP contribution in [0.1, 0.15) is 19.4 Å². The van der Waals surface area contributed by atoms with Crippen LogP contribution in [0.3, 0.4) is 0 Å². The van der Waals surface area contributed by atoms with Crippen molar-refractivity contribution in [2.75, 3.05) is 5.88 Å². The molecule has 15 heavy (non-hydrogen) atoms. The average Bonchev–Trinajstić information content (AvgIpc) is 2.20. The molecular weight excluding hydrogens is 208 g/mol. The largest absolute Gasteiger partial charge is 0.386 e. The Morgan fingerprint density at radius 1 is 1.40 bits per heavy atom. The predicted octanol–water partition coefficient (Wildman–Crippen LogP) is 3.11. The summed E-state index contributed by atoms with van der Waals surface area (Å²) in [4.78, 5) is 4.29. The zero-order valence-electron chi connectivity index (χ0n) is 9.20. The Bertz CT molecular complexity index is 345. The number of nitrogens with zero attached hydrogens (tertiary/aromatic N) is 1. The lowest BCUT2D eigenvalue weighted by atomic mass is 10.0. The van der Waals surface area contributed by atoms with E-state index in [0.717, 1.165) is 12.1 Å². The number of halogens is 1. The first-order valence-electron chi connectivity index (χ1n) is 5.10. The van der Waals surface area contributed by atoms with Crippen molar-refractivity contribution in [3.05, 3.63) is 29.8 Å². The van der Waals surface area contributed by atoms with Gasteiger partial charge in [-0.05, 0) is 24.0 Å². The van der Waals surface area contributed by atoms with Gasteiger partial charge >= 0.3 is 0 Å². The van der Waals surface area contributed by atoms with Crippen molar-refractivity contribution in [1.82, 2.24) is 0 Å². The van der Waals surface area contributed by atoms with E-state index in [1.54, 1.807) is 0 Å². The fourth-order valence-electron chi connectivity index (χ4n) is 1.42. The van der Waals surface area contributed by atoms with Crippen molar-refractivity contribution in [1.29, 1.82) is 0 Å². The maximum absolute atomic E-state index is 5.62. The number of amidine groups is 1. The van der Waals surface area contributed by atoms with E-state index in [9.17, 15) is 0 Å². The summed E-state index contributed by atoms with van der Waals surface area (Å²) in [5.41, 5.74) is 7.78. The lowest BCUT2D eigenvalue weighted by molar-refractivity contribution is 0.648. The molecule has 0 saturated heterocycles. The number of hydrogen-bond donors (Lipinski definition) is 1. The van der Waals surface area contributed by atoms with Gasteiger partial charge in [-0.15, -0.1) is 11.6 Å². The predicted molar refractivity (Wildman–Crippen MR) is 67.0 cm³/mol. The smallest absolute Gasteiger partial charge is 0.115 e. The fraction of sp³-hybridized carbons (Fsp3) is 0.417. The number of hydrogen-bond acceptors (Lipinski definition) is 1. The SMILES string of the molecule is CC(C)Cc1ccccc1N=C(N)CCl. The first-order valence-corrected chi connectivity index (χ1v) is 5.64. The Kier molecular flexibility index (Phi) is 4.63. The molecule has 1 aromatic rings. The van der Waals surface area contributed by atoms with Crippen LogP contribution >= 0.6 is 11.6 Å². The Labute approximate surface area is 96.2 Å². The van der Waals surface area contributed by atoms with Crippen LogP contribution in [0.5, 0.6) is 0 Å². The zero-order chi connectivity index (χ0) is 11.3. The van der Waals surface area contributed by atoms with Gasteiger partial charge in [0.15, 0.2) is 0 Å². The second-order valence-electron chi connectivity index (χ2n) is 3.96. The normalized spacial score (nSPS) is 12.1. The van der Waals surface area contributed by atoms with Crippen LogP contribution in [0.15, 0.2) is 29.3 Å². The molecular formula is C12H17ClN2. The monoisotopic (exact) mass is 224 g/mol. The highest BCUT2D eigenvalue weighted by molar-refractivity contribution is 6.28. The van der Waals surface area contributed by atoms with E-state index in [4.69, 9.17) is 17.3 Å². The highest BCUT2D eigenvalue weighted by Crippen LogP contribution is 2.21. The maximum atomic E-state index is 5.62. The minimum Gasteiger partial charge on any atom is -0.386 e. The van der Waals surface area contributed by atoms with Crippen LogP contribution in [0.25, 0.3) is 0 Å². The van der Waals surface area contributed by atoms with E-state index in [-0.39, 0.29) is 5.88 Å². The molecule has 1 rings (SSSR count). The van der Waals surface area contributed by atoms with Gasteiger partial charge in [-0.3, -0.25) is 0 Å². The third-order valence-corrected chi connectivity index (χ3v) is 2.29. The summed E-state index contributed by atoms with van der Waals surface area (Å²) >= 11 is 5.60. The number of para-hydroxylation sites is 1. The minimum atomic E-state index is 0.274. The van der Waals surface area contributed by atoms with Crippen molar-refractivity contribution in [2.24, 2.45) is 16.6 Å². The van der Waals surface area contributed by atoms with Gasteiger partial charge in [-0.25, -0.2) is 4.99 Å². The van der Waals surface area contributed by atoms with Crippen LogP contribution in [0.4, 0.5) is 5.69 Å². The quantitative estimate of drug-likeness (QED) is 0.476. The molecule has 0 saturated carbocycles. The molecule has 0 aromatic heterocycles. The summed E-state index contributed by atoms with van der Waals surface area (Å²) in [7, 11) is 0. The lowest BCUT2D eigenvalue weighted by Crippen LogP contribution is -2.12. The van der Waals surface area contributed by atoms with Crippen molar-refractivity contribution in [2.45, 2.75) is 20.3 Å². The topological polar surface area (TPSA) is 38.4 Å². The zero-order valence-corrected chi connectivity index (χ0v) is 9.96. The van der Waals surface area contributed by atoms with Crippen LogP contribution in [-0.2, 0) is 6.42 Å². The molecule has 0 heterocycles. The summed E-state index contributed by atoms with van der Waals surface area (Å²) < 4.78 is 0. The molecule has 0 aliphatic rings. The third-order valence-electron chi connectivity index (χ3n) is 2.02. The van der Waals surface area contributed by atoms with Gasteiger partial charge in [-0.2, -0.15) is 0 Å². The Hall–Kier alpha value is -1.02. The van der Waals surface area contributed by atoms with Gasteiger partial charge in [0, 0.05) is 0 Å². The molecule has 0 radical (unpaired) electrons. The second-order valence-corrected chi connectivity index (χ2v) is 4.23. The molecule has 2 N–H and O–H groups in total. The average molecular weight is 225 g/mol. The molecule has 0 fully saturated rings. The van der Waals surface area contributed by atoms with Crippen LogP contribution in [-0.4, -0.2) is 11.7 Å². The van der Waals surface area contributed by atoms with Gasteiger partial charge in [0.2, 0.25) is 0 Å². The van der Waals surface area contributed by atoms with Gasteiger partial charge in [0.25, 0.3) is 0 Å². The molecule has 0 unspecified atom stereocenters. The Morgan fingerprint density at radius 3 is 2.67 bits per heavy atom. The van der Waals surface area contributed by atoms with Gasteiger partial charge < -0.3 is 5.73 Å². The number of benzene rings is 1. The van der Waals surface area contributed by atoms with Crippen LogP contribution < -0.4 is 5.73 Å². The van der Waals surface area contributed by atoms with Gasteiger partial charge in [0.05, 0.1) is 11.6 Å². The van der Waals surface area contributed by atoms with E-state index in [2.05, 4.69) is 24.9 Å². The standard InChI is InChI=1S/C12H17ClN2/c1-9(2)7-10-5-3-4-6-11(10)15-12(14)8-13/h3-6,9H,7-8H2,1-2H3,(H2,14,15). The van der Waals surface area contributed by atoms with Crippen LogP contribution in [0, 0.1) is 5.92 Å². The Balaban J connectivity index is 2.96. The first kappa shape index (κ1) is 12.1. The molecule has 82 valence electrons. The van der Waals surface area contributed by atoms with Crippen molar-refractivity contribution in [3.8, 4) is 0 Å². The van der Waals surface area contributed by atoms with E-state index in [1.807, 2.05) is 18.2 Å². The highest BCUT2D eigenvalue weighted by atomic mass is 35.5. The van der Waals surface area contributed by atoms with Crippen molar-refractivity contribution < 1.29 is 0 Å². The summed E-state index contributed by atoms with van der Waals surface area (Å²) in [5.74, 6) is 1.35. The van der Waals surface area contributed by atoms with Crippen molar-refractivity contribution in [3.63, 3.8) is 0 Å². The maximum Gasteiger partial charge on any atom is 0.115 e. The molecule has 3 heteroatoms. The number of alkyl halides is 1. The van der Waals surface area contributed by atoms with E-state index in [0.29, 0.717) is 11.8 Å². The van der Waals surface area contributed by atoms with E-state index >= 15 is 0 Å². The molecule has 2 nitrogen and oxygen atoms in total. The highest BCUT2D eigenvalue weighted by Gasteiger charge is 2.03. The van der Waals surface area contributed by atoms with E-state index in [1.165, 1.54) is 5.56 Å². The summed E-state index contributed by atoms with van der Waals surface area (Å²) in [6.45, 7) is 4.37. The molecule has 0 aliphatic heterocycles. The van der Waals surface area contributed by atoms with Gasteiger partial charge in [-0.1, -0.05) is 32.0 Å². The fourth-order valence-corrected chi connectivity index (χ4v) is 1.48. The van der Waals surface area contributed by atoms with E-state index < -0.39 is 0 Å². The molecule has 0 bridgehead atoms. The summed E-state index contributed by atoms with van der Waals surface area (Å²) in [5, 5.41) is 0. The molecule has 0 spiro atoms. The molecule has 0 atom stereocenters. The summed E-state index contributed by atoms with van der Waals surface area (Å²) in [6.07, 6.45) is 1.01. The Morgan fingerprint density at radius 2 is 2.07 bits per heavy atom. The molecule has 0 aliphatic carbocycles.